The Balaban J connectivity index is 0.00000240. The minimum atomic E-state index is -0.841. The van der Waals surface area contributed by atoms with Crippen LogP contribution in [-0.4, -0.2) is 66.5 Å². The van der Waals surface area contributed by atoms with E-state index in [1.807, 2.05) is 35.2 Å². The van der Waals surface area contributed by atoms with E-state index >= 15 is 0 Å². The number of aliphatic hydroxyl groups excluding tert-OH is 1. The van der Waals surface area contributed by atoms with Gasteiger partial charge >= 0.3 is 0 Å². The number of morpholine rings is 1. The van der Waals surface area contributed by atoms with Crippen LogP contribution in [0.5, 0.6) is 0 Å². The molecule has 0 saturated carbocycles. The molecular weight excluding hydrogens is 394 g/mol. The second-order valence-corrected chi connectivity index (χ2v) is 7.13. The normalized spacial score (nSPS) is 24.4. The first kappa shape index (κ1) is 21.4. The molecule has 0 spiro atoms. The van der Waals surface area contributed by atoms with Crippen molar-refractivity contribution in [2.24, 2.45) is 0 Å². The molecule has 0 bridgehead atoms. The summed E-state index contributed by atoms with van der Waals surface area (Å²) in [4.78, 5) is 23.7. The van der Waals surface area contributed by atoms with Crippen molar-refractivity contribution >= 4 is 24.3 Å². The van der Waals surface area contributed by atoms with Gasteiger partial charge in [-0.2, -0.15) is 0 Å². The lowest BCUT2D eigenvalue weighted by molar-refractivity contribution is 0.0289. The first-order valence-corrected chi connectivity index (χ1v) is 9.60. The standard InChI is InChI=1S/C20H25N5O3.ClH/c26-17-14-21-7-6-20(17,16-4-2-1-3-5-16)24-18(27)15-12-22-19(23-13-15)25-8-10-28-11-9-25;/h1-5,12-13,17,21,26H,6-11,14H2,(H,24,27);1H/t17-,20-;/m1./s1. The van der Waals surface area contributed by atoms with Gasteiger partial charge in [0.15, 0.2) is 0 Å². The van der Waals surface area contributed by atoms with Gasteiger partial charge in [-0.05, 0) is 18.5 Å². The number of nitrogens with one attached hydrogen (secondary N) is 2. The highest BCUT2D eigenvalue weighted by Crippen LogP contribution is 2.31. The van der Waals surface area contributed by atoms with Crippen LogP contribution in [0.25, 0.3) is 0 Å². The summed E-state index contributed by atoms with van der Waals surface area (Å²) in [6, 6.07) is 9.63. The molecule has 1 amide bonds. The van der Waals surface area contributed by atoms with Crippen LogP contribution in [0.4, 0.5) is 5.95 Å². The molecule has 2 saturated heterocycles. The van der Waals surface area contributed by atoms with E-state index < -0.39 is 11.6 Å². The molecule has 1 aromatic heterocycles. The fourth-order valence-corrected chi connectivity index (χ4v) is 3.80. The summed E-state index contributed by atoms with van der Waals surface area (Å²) in [5, 5.41) is 17.0. The third-order valence-electron chi connectivity index (χ3n) is 5.42. The van der Waals surface area contributed by atoms with E-state index in [1.54, 1.807) is 12.4 Å². The molecule has 3 N–H and O–H groups in total. The van der Waals surface area contributed by atoms with Gasteiger partial charge in [0, 0.05) is 32.0 Å². The second-order valence-electron chi connectivity index (χ2n) is 7.13. The summed E-state index contributed by atoms with van der Waals surface area (Å²) in [6.45, 7) is 3.90. The first-order valence-electron chi connectivity index (χ1n) is 9.60. The largest absolute Gasteiger partial charge is 0.389 e. The summed E-state index contributed by atoms with van der Waals surface area (Å²) in [6.07, 6.45) is 2.94. The van der Waals surface area contributed by atoms with E-state index in [0.29, 0.717) is 44.2 Å². The van der Waals surface area contributed by atoms with Crippen LogP contribution >= 0.6 is 12.4 Å². The number of anilines is 1. The van der Waals surface area contributed by atoms with Crippen LogP contribution in [0.2, 0.25) is 0 Å². The average molecular weight is 420 g/mol. The maximum Gasteiger partial charge on any atom is 0.255 e. The van der Waals surface area contributed by atoms with Crippen LogP contribution in [0.1, 0.15) is 22.3 Å². The number of nitrogens with zero attached hydrogens (tertiary/aromatic N) is 3. The summed E-state index contributed by atoms with van der Waals surface area (Å²) in [5.74, 6) is 0.304. The molecule has 1 aromatic carbocycles. The van der Waals surface area contributed by atoms with Crippen LogP contribution in [0.3, 0.4) is 0 Å². The highest BCUT2D eigenvalue weighted by Gasteiger charge is 2.43. The number of carbonyl (C=O) groups is 1. The number of piperidine rings is 1. The molecule has 3 heterocycles. The summed E-state index contributed by atoms with van der Waals surface area (Å²) in [5.41, 5.74) is 0.424. The molecule has 8 nitrogen and oxygen atoms in total. The Morgan fingerprint density at radius 3 is 2.55 bits per heavy atom. The van der Waals surface area contributed by atoms with Crippen molar-refractivity contribution in [2.45, 2.75) is 18.1 Å². The van der Waals surface area contributed by atoms with Crippen molar-refractivity contribution in [2.75, 3.05) is 44.3 Å². The monoisotopic (exact) mass is 419 g/mol. The lowest BCUT2D eigenvalue weighted by Gasteiger charge is -2.43. The Kier molecular flexibility index (Phi) is 7.02. The van der Waals surface area contributed by atoms with Gasteiger partial charge in [0.1, 0.15) is 0 Å². The Bertz CT molecular complexity index is 802. The number of rotatable bonds is 4. The molecule has 156 valence electrons. The molecule has 2 atom stereocenters. The fourth-order valence-electron chi connectivity index (χ4n) is 3.80. The summed E-state index contributed by atoms with van der Waals surface area (Å²) < 4.78 is 5.34. The Morgan fingerprint density at radius 1 is 1.21 bits per heavy atom. The number of benzene rings is 1. The molecule has 2 aliphatic heterocycles. The van der Waals surface area contributed by atoms with E-state index in [0.717, 1.165) is 18.7 Å². The van der Waals surface area contributed by atoms with Gasteiger partial charge in [-0.25, -0.2) is 9.97 Å². The number of hydrogen-bond acceptors (Lipinski definition) is 7. The van der Waals surface area contributed by atoms with E-state index in [-0.39, 0.29) is 18.3 Å². The van der Waals surface area contributed by atoms with Crippen molar-refractivity contribution in [3.05, 3.63) is 53.9 Å². The van der Waals surface area contributed by atoms with E-state index in [4.69, 9.17) is 4.74 Å². The highest BCUT2D eigenvalue weighted by molar-refractivity contribution is 5.94. The number of β-amino-alcohol motifs (C(OH)–C–C–N with tert-alkyl or cyclic N) is 1. The number of aromatic nitrogens is 2. The molecule has 2 aliphatic rings. The highest BCUT2D eigenvalue weighted by atomic mass is 35.5. The number of aliphatic hydroxyl groups is 1. The molecule has 0 unspecified atom stereocenters. The van der Waals surface area contributed by atoms with E-state index in [2.05, 4.69) is 20.6 Å². The topological polar surface area (TPSA) is 99.6 Å². The van der Waals surface area contributed by atoms with Crippen LogP contribution in [0, 0.1) is 0 Å². The average Bonchev–Trinajstić information content (AvgIpc) is 2.77. The zero-order valence-corrected chi connectivity index (χ0v) is 16.9. The SMILES string of the molecule is Cl.O=C(N[C@@]1(c2ccccc2)CCNC[C@H]1O)c1cnc(N2CCOCC2)nc1. The molecular formula is C20H26ClN5O3. The van der Waals surface area contributed by atoms with Gasteiger partial charge in [-0.1, -0.05) is 30.3 Å². The molecule has 29 heavy (non-hydrogen) atoms. The van der Waals surface area contributed by atoms with Crippen molar-refractivity contribution in [1.29, 1.82) is 0 Å². The smallest absolute Gasteiger partial charge is 0.255 e. The van der Waals surface area contributed by atoms with Crippen molar-refractivity contribution in [3.63, 3.8) is 0 Å². The van der Waals surface area contributed by atoms with Crippen LogP contribution in [-0.2, 0) is 10.3 Å². The third-order valence-corrected chi connectivity index (χ3v) is 5.42. The maximum absolute atomic E-state index is 13.0. The van der Waals surface area contributed by atoms with Crippen LogP contribution in [0.15, 0.2) is 42.7 Å². The Hall–Kier alpha value is -2.26. The zero-order chi connectivity index (χ0) is 19.4. The van der Waals surface area contributed by atoms with Crippen molar-refractivity contribution in [1.82, 2.24) is 20.6 Å². The van der Waals surface area contributed by atoms with Gasteiger partial charge < -0.3 is 25.4 Å². The van der Waals surface area contributed by atoms with E-state index in [1.165, 1.54) is 0 Å². The molecule has 9 heteroatoms. The second kappa shape index (κ2) is 9.49. The molecule has 2 aromatic rings. The van der Waals surface area contributed by atoms with Gasteiger partial charge in [0.05, 0.1) is 30.4 Å². The predicted molar refractivity (Wildman–Crippen MR) is 111 cm³/mol. The lowest BCUT2D eigenvalue weighted by atomic mass is 9.79. The van der Waals surface area contributed by atoms with Gasteiger partial charge in [0.2, 0.25) is 5.95 Å². The number of hydrogen-bond donors (Lipinski definition) is 3. The van der Waals surface area contributed by atoms with Crippen molar-refractivity contribution in [3.8, 4) is 0 Å². The number of carbonyl (C=O) groups excluding carboxylic acids is 1. The third kappa shape index (κ3) is 4.51. The minimum absolute atomic E-state index is 0. The fraction of sp³-hybridized carbons (Fsp3) is 0.450. The predicted octanol–water partition coefficient (Wildman–Crippen LogP) is 0.714. The zero-order valence-electron chi connectivity index (χ0n) is 16.1. The lowest BCUT2D eigenvalue weighted by Crippen LogP contribution is -2.61. The molecule has 0 radical (unpaired) electrons. The Labute approximate surface area is 176 Å². The summed E-state index contributed by atoms with van der Waals surface area (Å²) >= 11 is 0. The maximum atomic E-state index is 13.0. The van der Waals surface area contributed by atoms with Gasteiger partial charge in [-0.3, -0.25) is 4.79 Å². The Morgan fingerprint density at radius 2 is 1.90 bits per heavy atom. The van der Waals surface area contributed by atoms with E-state index in [9.17, 15) is 9.90 Å². The number of amides is 1. The minimum Gasteiger partial charge on any atom is -0.389 e. The first-order chi connectivity index (χ1) is 13.7. The van der Waals surface area contributed by atoms with Gasteiger partial charge in [-0.15, -0.1) is 12.4 Å². The number of ether oxygens (including phenoxy) is 1. The van der Waals surface area contributed by atoms with Gasteiger partial charge in [0.25, 0.3) is 5.91 Å². The molecule has 2 fully saturated rings. The summed E-state index contributed by atoms with van der Waals surface area (Å²) in [7, 11) is 0. The quantitative estimate of drug-likeness (QED) is 0.671. The molecule has 0 aliphatic carbocycles. The van der Waals surface area contributed by atoms with Crippen LogP contribution < -0.4 is 15.5 Å². The number of halogens is 1. The molecule has 4 rings (SSSR count). The van der Waals surface area contributed by atoms with Crippen molar-refractivity contribution < 1.29 is 14.6 Å².